The van der Waals surface area contributed by atoms with Gasteiger partial charge < -0.3 is 9.64 Å². The maximum absolute atomic E-state index is 11.5. The highest BCUT2D eigenvalue weighted by Gasteiger charge is 2.06. The zero-order valence-electron chi connectivity index (χ0n) is 19.0. The standard InChI is InChI=1S/C24H31N3O4S/c1-19(2)24(28)31-18-8-6-5-7-17-27(3)22-13-9-20(10-14-22)25-26-21-11-15-23(16-12-21)32(4,29)30/h9-16H,1,5-8,17-18H2,2-4H3/b26-25+. The van der Waals surface area contributed by atoms with Crippen molar-refractivity contribution < 1.29 is 17.9 Å². The second-order valence-corrected chi connectivity index (χ2v) is 9.75. The molecule has 0 aliphatic rings. The molecule has 0 aromatic heterocycles. The van der Waals surface area contributed by atoms with Crippen molar-refractivity contribution in [1.82, 2.24) is 0 Å². The molecule has 2 aromatic carbocycles. The van der Waals surface area contributed by atoms with Gasteiger partial charge in [0.15, 0.2) is 9.84 Å². The van der Waals surface area contributed by atoms with E-state index < -0.39 is 9.84 Å². The summed E-state index contributed by atoms with van der Waals surface area (Å²) < 4.78 is 28.1. The number of carbonyl (C=O) groups is 1. The fourth-order valence-electron chi connectivity index (χ4n) is 2.87. The van der Waals surface area contributed by atoms with Gasteiger partial charge in [-0.2, -0.15) is 10.2 Å². The molecule has 0 amide bonds. The minimum atomic E-state index is -3.22. The molecule has 7 nitrogen and oxygen atoms in total. The maximum atomic E-state index is 11.5. The second-order valence-electron chi connectivity index (χ2n) is 7.73. The first kappa shape index (κ1) is 25.3. The zero-order valence-corrected chi connectivity index (χ0v) is 19.8. The Labute approximate surface area is 190 Å². The van der Waals surface area contributed by atoms with E-state index in [9.17, 15) is 13.2 Å². The summed E-state index contributed by atoms with van der Waals surface area (Å²) in [6.45, 7) is 6.58. The van der Waals surface area contributed by atoms with Gasteiger partial charge in [0.05, 0.1) is 22.9 Å². The molecule has 0 aliphatic carbocycles. The summed E-state index contributed by atoms with van der Waals surface area (Å²) in [6, 6.07) is 14.1. The lowest BCUT2D eigenvalue weighted by molar-refractivity contribution is -0.139. The third kappa shape index (κ3) is 8.63. The van der Waals surface area contributed by atoms with Gasteiger partial charge in [-0.25, -0.2) is 13.2 Å². The highest BCUT2D eigenvalue weighted by molar-refractivity contribution is 7.90. The van der Waals surface area contributed by atoms with E-state index in [1.807, 2.05) is 24.3 Å². The van der Waals surface area contributed by atoms with Gasteiger partial charge in [0.2, 0.25) is 0 Å². The Kier molecular flexibility index (Phi) is 9.59. The van der Waals surface area contributed by atoms with Gasteiger partial charge in [-0.05, 0) is 74.7 Å². The van der Waals surface area contributed by atoms with Crippen molar-refractivity contribution in [3.8, 4) is 0 Å². The summed E-state index contributed by atoms with van der Waals surface area (Å²) in [5.41, 5.74) is 2.84. The minimum absolute atomic E-state index is 0.259. The fourth-order valence-corrected chi connectivity index (χ4v) is 3.50. The number of rotatable bonds is 12. The highest BCUT2D eigenvalue weighted by Crippen LogP contribution is 2.23. The summed E-state index contributed by atoms with van der Waals surface area (Å²) in [5, 5.41) is 8.37. The maximum Gasteiger partial charge on any atom is 0.333 e. The molecule has 0 aliphatic heterocycles. The lowest BCUT2D eigenvalue weighted by Crippen LogP contribution is -2.18. The van der Waals surface area contributed by atoms with E-state index >= 15 is 0 Å². The Morgan fingerprint density at radius 3 is 2.00 bits per heavy atom. The Morgan fingerprint density at radius 2 is 1.47 bits per heavy atom. The average molecular weight is 458 g/mol. The van der Waals surface area contributed by atoms with Crippen molar-refractivity contribution in [2.75, 3.05) is 31.4 Å². The van der Waals surface area contributed by atoms with Gasteiger partial charge >= 0.3 is 5.97 Å². The zero-order chi connectivity index (χ0) is 23.6. The van der Waals surface area contributed by atoms with Crippen molar-refractivity contribution in [2.45, 2.75) is 37.5 Å². The van der Waals surface area contributed by atoms with Crippen LogP contribution in [0.1, 0.15) is 32.6 Å². The number of ether oxygens (including phenoxy) is 1. The third-order valence-electron chi connectivity index (χ3n) is 4.81. The summed E-state index contributed by atoms with van der Waals surface area (Å²) in [4.78, 5) is 13.7. The van der Waals surface area contributed by atoms with E-state index in [0.29, 0.717) is 17.9 Å². The molecule has 0 spiro atoms. The Hall–Kier alpha value is -3.00. The topological polar surface area (TPSA) is 88.4 Å². The SMILES string of the molecule is C=C(C)C(=O)OCCCCCCN(C)c1ccc(/N=N/c2ccc(S(C)(=O)=O)cc2)cc1. The van der Waals surface area contributed by atoms with Crippen molar-refractivity contribution in [1.29, 1.82) is 0 Å². The summed E-state index contributed by atoms with van der Waals surface area (Å²) in [7, 11) is -1.17. The third-order valence-corrected chi connectivity index (χ3v) is 5.93. The summed E-state index contributed by atoms with van der Waals surface area (Å²) in [5.74, 6) is -0.322. The van der Waals surface area contributed by atoms with Crippen LogP contribution in [0.3, 0.4) is 0 Å². The van der Waals surface area contributed by atoms with Crippen molar-refractivity contribution in [3.63, 3.8) is 0 Å². The highest BCUT2D eigenvalue weighted by atomic mass is 32.2. The van der Waals surface area contributed by atoms with Crippen LogP contribution in [0.4, 0.5) is 17.1 Å². The monoisotopic (exact) mass is 457 g/mol. The van der Waals surface area contributed by atoms with Gasteiger partial charge in [0, 0.05) is 31.1 Å². The van der Waals surface area contributed by atoms with Crippen LogP contribution in [0, 0.1) is 0 Å². The Balaban J connectivity index is 1.74. The molecule has 0 saturated carbocycles. The molecular weight excluding hydrogens is 426 g/mol. The number of esters is 1. The first-order chi connectivity index (χ1) is 15.2. The number of carbonyl (C=O) groups excluding carboxylic acids is 1. The molecule has 8 heteroatoms. The molecule has 32 heavy (non-hydrogen) atoms. The molecule has 0 heterocycles. The lowest BCUT2D eigenvalue weighted by Gasteiger charge is -2.19. The molecule has 0 unspecified atom stereocenters. The first-order valence-corrected chi connectivity index (χ1v) is 12.4. The predicted molar refractivity (Wildman–Crippen MR) is 128 cm³/mol. The van der Waals surface area contributed by atoms with E-state index in [1.54, 1.807) is 19.1 Å². The van der Waals surface area contributed by atoms with Gasteiger partial charge in [0.25, 0.3) is 0 Å². The van der Waals surface area contributed by atoms with Crippen LogP contribution < -0.4 is 4.90 Å². The van der Waals surface area contributed by atoms with Gasteiger partial charge in [-0.15, -0.1) is 0 Å². The summed E-state index contributed by atoms with van der Waals surface area (Å²) >= 11 is 0. The Bertz CT molecular complexity index is 1030. The quantitative estimate of drug-likeness (QED) is 0.179. The van der Waals surface area contributed by atoms with Crippen LogP contribution >= 0.6 is 0 Å². The van der Waals surface area contributed by atoms with Crippen LogP contribution in [-0.4, -0.2) is 40.8 Å². The molecule has 172 valence electrons. The second kappa shape index (κ2) is 12.1. The molecule has 0 atom stereocenters. The van der Waals surface area contributed by atoms with Gasteiger partial charge in [-0.1, -0.05) is 13.0 Å². The number of unbranched alkanes of at least 4 members (excludes halogenated alkanes) is 3. The number of azo groups is 1. The number of anilines is 1. The van der Waals surface area contributed by atoms with E-state index in [4.69, 9.17) is 4.74 Å². The largest absolute Gasteiger partial charge is 0.462 e. The molecule has 0 fully saturated rings. The lowest BCUT2D eigenvalue weighted by atomic mass is 10.2. The van der Waals surface area contributed by atoms with E-state index in [1.165, 1.54) is 18.4 Å². The van der Waals surface area contributed by atoms with Crippen molar-refractivity contribution in [3.05, 3.63) is 60.7 Å². The number of hydrogen-bond acceptors (Lipinski definition) is 7. The smallest absolute Gasteiger partial charge is 0.333 e. The number of benzene rings is 2. The van der Waals surface area contributed by atoms with Gasteiger partial charge in [0.1, 0.15) is 0 Å². The molecule has 0 radical (unpaired) electrons. The first-order valence-electron chi connectivity index (χ1n) is 10.5. The fraction of sp³-hybridized carbons (Fsp3) is 0.375. The average Bonchev–Trinajstić information content (AvgIpc) is 2.76. The van der Waals surface area contributed by atoms with Gasteiger partial charge in [-0.3, -0.25) is 0 Å². The molecule has 0 bridgehead atoms. The minimum Gasteiger partial charge on any atom is -0.462 e. The molecule has 0 saturated heterocycles. The summed E-state index contributed by atoms with van der Waals surface area (Å²) in [6.07, 6.45) is 5.17. The normalized spacial score (nSPS) is 11.5. The number of nitrogens with zero attached hydrogens (tertiary/aromatic N) is 3. The van der Waals surface area contributed by atoms with Crippen molar-refractivity contribution >= 4 is 32.9 Å². The van der Waals surface area contributed by atoms with Crippen LogP contribution in [0.2, 0.25) is 0 Å². The van der Waals surface area contributed by atoms with Crippen LogP contribution in [0.5, 0.6) is 0 Å². The van der Waals surface area contributed by atoms with Crippen molar-refractivity contribution in [2.24, 2.45) is 10.2 Å². The van der Waals surface area contributed by atoms with E-state index in [0.717, 1.165) is 43.6 Å². The van der Waals surface area contributed by atoms with E-state index in [-0.39, 0.29) is 10.9 Å². The molecular formula is C24H31N3O4S. The number of sulfone groups is 1. The predicted octanol–water partition coefficient (Wildman–Crippen LogP) is 5.62. The number of hydrogen-bond donors (Lipinski definition) is 0. The van der Waals surface area contributed by atoms with Crippen LogP contribution in [0.15, 0.2) is 75.8 Å². The Morgan fingerprint density at radius 1 is 0.938 bits per heavy atom. The molecule has 2 aromatic rings. The van der Waals surface area contributed by atoms with Crippen LogP contribution in [-0.2, 0) is 19.4 Å². The van der Waals surface area contributed by atoms with E-state index in [2.05, 4.69) is 28.8 Å². The molecule has 0 N–H and O–H groups in total. The van der Waals surface area contributed by atoms with Crippen LogP contribution in [0.25, 0.3) is 0 Å². The molecule has 2 rings (SSSR count).